The number of aliphatic hydroxyl groups is 1. The van der Waals surface area contributed by atoms with Crippen LogP contribution in [0.15, 0.2) is 53.4 Å². The van der Waals surface area contributed by atoms with E-state index in [1.807, 2.05) is 0 Å². The molecule has 0 bridgehead atoms. The maximum absolute atomic E-state index is 13.3. The van der Waals surface area contributed by atoms with Crippen LogP contribution in [0.1, 0.15) is 13.3 Å². The number of carbonyl (C=O) groups is 1. The molecule has 0 saturated carbocycles. The zero-order valence-electron chi connectivity index (χ0n) is 16.7. The largest absolute Gasteiger partial charge is 0.497 e. The molecular formula is C20H25ClN2O6S. The zero-order chi connectivity index (χ0) is 22.3. The molecule has 0 amide bonds. The molecule has 2 aromatic carbocycles. The van der Waals surface area contributed by atoms with Crippen LogP contribution in [0.3, 0.4) is 0 Å². The summed E-state index contributed by atoms with van der Waals surface area (Å²) in [6, 6.07) is 11.2. The summed E-state index contributed by atoms with van der Waals surface area (Å²) in [7, 11) is -2.52. The van der Waals surface area contributed by atoms with E-state index in [1.54, 1.807) is 31.2 Å². The van der Waals surface area contributed by atoms with Crippen LogP contribution in [0.2, 0.25) is 5.02 Å². The van der Waals surface area contributed by atoms with E-state index in [4.69, 9.17) is 21.4 Å². The van der Waals surface area contributed by atoms with Crippen molar-refractivity contribution >= 4 is 33.3 Å². The highest BCUT2D eigenvalue weighted by Gasteiger charge is 2.28. The van der Waals surface area contributed by atoms with E-state index in [9.17, 15) is 18.3 Å². The number of carboxylic acid groups (broad SMARTS) is 1. The van der Waals surface area contributed by atoms with Gasteiger partial charge in [-0.15, -0.1) is 0 Å². The first-order chi connectivity index (χ1) is 14.2. The topological polar surface area (TPSA) is 116 Å². The second kappa shape index (κ2) is 10.6. The molecule has 0 aliphatic rings. The molecule has 0 aliphatic carbocycles. The summed E-state index contributed by atoms with van der Waals surface area (Å²) < 4.78 is 32.7. The summed E-state index contributed by atoms with van der Waals surface area (Å²) in [5.74, 6) is -0.484. The number of rotatable bonds is 11. The summed E-state index contributed by atoms with van der Waals surface area (Å²) in [5, 5.41) is 22.7. The van der Waals surface area contributed by atoms with Gasteiger partial charge in [0.25, 0.3) is 10.0 Å². The molecular weight excluding hydrogens is 432 g/mol. The first-order valence-electron chi connectivity index (χ1n) is 9.25. The number of benzene rings is 2. The van der Waals surface area contributed by atoms with Crippen molar-refractivity contribution in [2.45, 2.75) is 30.4 Å². The molecule has 0 spiro atoms. The van der Waals surface area contributed by atoms with Crippen molar-refractivity contribution in [3.63, 3.8) is 0 Å². The number of carboxylic acids is 1. The number of aliphatic hydroxyl groups excluding tert-OH is 1. The highest BCUT2D eigenvalue weighted by molar-refractivity contribution is 7.92. The Balaban J connectivity index is 2.31. The minimum Gasteiger partial charge on any atom is -0.497 e. The first kappa shape index (κ1) is 23.9. The zero-order valence-corrected chi connectivity index (χ0v) is 18.2. The van der Waals surface area contributed by atoms with Gasteiger partial charge in [-0.1, -0.05) is 18.5 Å². The molecule has 2 rings (SSSR count). The maximum atomic E-state index is 13.3. The number of aliphatic carboxylic acids is 1. The van der Waals surface area contributed by atoms with Gasteiger partial charge >= 0.3 is 5.97 Å². The summed E-state index contributed by atoms with van der Waals surface area (Å²) in [5.41, 5.74) is 0.329. The molecule has 164 valence electrons. The normalized spacial score (nSPS) is 13.5. The van der Waals surface area contributed by atoms with E-state index < -0.39 is 28.1 Å². The van der Waals surface area contributed by atoms with Crippen molar-refractivity contribution in [2.24, 2.45) is 0 Å². The second-order valence-corrected chi connectivity index (χ2v) is 8.85. The smallest absolute Gasteiger partial charge is 0.320 e. The highest BCUT2D eigenvalue weighted by atomic mass is 35.5. The molecule has 0 aliphatic heterocycles. The third-order valence-corrected chi connectivity index (χ3v) is 6.50. The fourth-order valence-electron chi connectivity index (χ4n) is 2.77. The van der Waals surface area contributed by atoms with Gasteiger partial charge in [0.2, 0.25) is 0 Å². The van der Waals surface area contributed by atoms with Crippen molar-refractivity contribution in [1.29, 1.82) is 0 Å². The van der Waals surface area contributed by atoms with Crippen LogP contribution in [-0.4, -0.2) is 56.9 Å². The van der Waals surface area contributed by atoms with Gasteiger partial charge in [-0.05, 0) is 55.0 Å². The molecule has 0 fully saturated rings. The lowest BCUT2D eigenvalue weighted by Crippen LogP contribution is -2.45. The number of nitrogens with one attached hydrogen (secondary N) is 1. The van der Waals surface area contributed by atoms with Crippen LogP contribution < -0.4 is 14.4 Å². The van der Waals surface area contributed by atoms with Crippen LogP contribution in [0.5, 0.6) is 5.75 Å². The number of methoxy groups -OCH3 is 1. The van der Waals surface area contributed by atoms with E-state index in [0.29, 0.717) is 22.9 Å². The summed E-state index contributed by atoms with van der Waals surface area (Å²) in [6.07, 6.45) is -0.824. The Hall–Kier alpha value is -2.33. The number of anilines is 1. The molecule has 0 radical (unpaired) electrons. The monoisotopic (exact) mass is 456 g/mol. The molecule has 30 heavy (non-hydrogen) atoms. The van der Waals surface area contributed by atoms with E-state index >= 15 is 0 Å². The third kappa shape index (κ3) is 6.09. The fraction of sp³-hybridized carbons (Fsp3) is 0.350. The van der Waals surface area contributed by atoms with Crippen LogP contribution in [0, 0.1) is 0 Å². The van der Waals surface area contributed by atoms with Gasteiger partial charge in [-0.2, -0.15) is 0 Å². The van der Waals surface area contributed by atoms with Crippen molar-refractivity contribution in [3.05, 3.63) is 53.6 Å². The van der Waals surface area contributed by atoms with Crippen molar-refractivity contribution < 1.29 is 28.2 Å². The Bertz CT molecular complexity index is 935. The van der Waals surface area contributed by atoms with Gasteiger partial charge in [0.15, 0.2) is 0 Å². The predicted molar refractivity (Wildman–Crippen MR) is 115 cm³/mol. The molecule has 0 unspecified atom stereocenters. The van der Waals surface area contributed by atoms with Gasteiger partial charge in [0.1, 0.15) is 11.8 Å². The molecule has 3 N–H and O–H groups in total. The molecule has 2 aromatic rings. The van der Waals surface area contributed by atoms with Gasteiger partial charge in [-0.3, -0.25) is 9.10 Å². The lowest BCUT2D eigenvalue weighted by Gasteiger charge is -2.27. The van der Waals surface area contributed by atoms with E-state index in [-0.39, 0.29) is 18.0 Å². The Kier molecular flexibility index (Phi) is 8.48. The van der Waals surface area contributed by atoms with Crippen LogP contribution >= 0.6 is 11.6 Å². The summed E-state index contributed by atoms with van der Waals surface area (Å²) in [6.45, 7) is 1.33. The minimum absolute atomic E-state index is 0.0137. The molecule has 0 aromatic heterocycles. The van der Waals surface area contributed by atoms with Gasteiger partial charge in [0, 0.05) is 11.6 Å². The lowest BCUT2D eigenvalue weighted by molar-refractivity contribution is -0.139. The Morgan fingerprint density at radius 2 is 1.77 bits per heavy atom. The lowest BCUT2D eigenvalue weighted by atomic mass is 10.2. The molecule has 2 atom stereocenters. The quantitative estimate of drug-likeness (QED) is 0.475. The van der Waals surface area contributed by atoms with Crippen LogP contribution in [0.25, 0.3) is 0 Å². The van der Waals surface area contributed by atoms with Gasteiger partial charge in [0.05, 0.1) is 30.3 Å². The third-order valence-electron chi connectivity index (χ3n) is 4.44. The number of hydrogen-bond donors (Lipinski definition) is 3. The maximum Gasteiger partial charge on any atom is 0.320 e. The molecule has 10 heteroatoms. The Morgan fingerprint density at radius 3 is 2.27 bits per heavy atom. The minimum atomic E-state index is -4.02. The second-order valence-electron chi connectivity index (χ2n) is 6.55. The van der Waals surface area contributed by atoms with Gasteiger partial charge in [-0.25, -0.2) is 8.42 Å². The Labute approximate surface area is 181 Å². The van der Waals surface area contributed by atoms with E-state index in [1.165, 1.54) is 31.4 Å². The summed E-state index contributed by atoms with van der Waals surface area (Å²) >= 11 is 5.87. The Morgan fingerprint density at radius 1 is 1.17 bits per heavy atom. The molecule has 0 heterocycles. The number of hydrogen-bond acceptors (Lipinski definition) is 6. The van der Waals surface area contributed by atoms with Crippen molar-refractivity contribution in [2.75, 3.05) is 24.5 Å². The predicted octanol–water partition coefficient (Wildman–Crippen LogP) is 2.36. The number of halogens is 1. The number of sulfonamides is 1. The highest BCUT2D eigenvalue weighted by Crippen LogP contribution is 2.27. The SMILES string of the molecule is CC[C@H](NC[C@H](O)CN(c1ccc(OC)cc1)S(=O)(=O)c1ccc(Cl)cc1)C(=O)O. The van der Waals surface area contributed by atoms with E-state index in [0.717, 1.165) is 4.31 Å². The average Bonchev–Trinajstić information content (AvgIpc) is 2.72. The van der Waals surface area contributed by atoms with Crippen LogP contribution in [0.4, 0.5) is 5.69 Å². The van der Waals surface area contributed by atoms with Crippen molar-refractivity contribution in [1.82, 2.24) is 5.32 Å². The van der Waals surface area contributed by atoms with Crippen LogP contribution in [-0.2, 0) is 14.8 Å². The standard InChI is InChI=1S/C20H25ClN2O6S/c1-3-19(20(25)26)22-12-16(24)13-23(15-6-8-17(29-2)9-7-15)30(27,28)18-10-4-14(21)5-11-18/h4-11,16,19,22,24H,3,12-13H2,1-2H3,(H,25,26)/t16-,19-/m0/s1. The van der Waals surface area contributed by atoms with E-state index in [2.05, 4.69) is 5.32 Å². The molecule has 8 nitrogen and oxygen atoms in total. The number of nitrogens with zero attached hydrogens (tertiary/aromatic N) is 1. The summed E-state index contributed by atoms with van der Waals surface area (Å²) in [4.78, 5) is 11.2. The van der Waals surface area contributed by atoms with Gasteiger partial charge < -0.3 is 20.3 Å². The fourth-order valence-corrected chi connectivity index (χ4v) is 4.39. The molecule has 0 saturated heterocycles. The average molecular weight is 457 g/mol. The first-order valence-corrected chi connectivity index (χ1v) is 11.1. The van der Waals surface area contributed by atoms with Crippen molar-refractivity contribution in [3.8, 4) is 5.75 Å². The number of ether oxygens (including phenoxy) is 1.